The smallest absolute Gasteiger partial charge is 0.293 e. The van der Waals surface area contributed by atoms with E-state index in [1.54, 1.807) is 24.3 Å². The maximum atomic E-state index is 12.9. The molecule has 0 N–H and O–H groups in total. The van der Waals surface area contributed by atoms with Crippen molar-refractivity contribution in [1.29, 1.82) is 0 Å². The molecular weight excluding hydrogens is 293 g/mol. The molecule has 1 aromatic carbocycles. The quantitative estimate of drug-likeness (QED) is 0.812. The fourth-order valence-corrected chi connectivity index (χ4v) is 2.73. The number of thioether (sulfide) groups is 1. The summed E-state index contributed by atoms with van der Waals surface area (Å²) in [6.07, 6.45) is 3.03. The van der Waals surface area contributed by atoms with E-state index in [2.05, 4.69) is 0 Å². The molecule has 1 saturated heterocycles. The van der Waals surface area contributed by atoms with E-state index in [0.29, 0.717) is 16.2 Å². The highest BCUT2D eigenvalue weighted by molar-refractivity contribution is 8.18. The minimum Gasteiger partial charge on any atom is -0.465 e. The molecule has 0 radical (unpaired) electrons. The van der Waals surface area contributed by atoms with Crippen LogP contribution in [0.3, 0.4) is 0 Å². The Morgan fingerprint density at radius 3 is 2.62 bits per heavy atom. The molecule has 1 aromatic heterocycles. The first kappa shape index (κ1) is 13.6. The first-order valence-corrected chi connectivity index (χ1v) is 6.98. The number of benzene rings is 1. The number of amides is 2. The molecule has 0 saturated carbocycles. The summed E-state index contributed by atoms with van der Waals surface area (Å²) < 4.78 is 18.0. The third-order valence-electron chi connectivity index (χ3n) is 2.94. The van der Waals surface area contributed by atoms with Gasteiger partial charge in [0.2, 0.25) is 0 Å². The number of imide groups is 1. The van der Waals surface area contributed by atoms with Crippen molar-refractivity contribution in [2.24, 2.45) is 0 Å². The lowest BCUT2D eigenvalue weighted by Gasteiger charge is -2.12. The highest BCUT2D eigenvalue weighted by atomic mass is 32.2. The predicted molar refractivity (Wildman–Crippen MR) is 76.6 cm³/mol. The van der Waals surface area contributed by atoms with Crippen molar-refractivity contribution in [3.63, 3.8) is 0 Å². The molecule has 0 aliphatic carbocycles. The zero-order valence-corrected chi connectivity index (χ0v) is 11.6. The molecule has 2 amide bonds. The Kier molecular flexibility index (Phi) is 3.62. The SMILES string of the molecule is O=C1S/C(=C\c2ccco2)C(=O)N1Cc1ccc(F)cc1. The number of carbonyl (C=O) groups is 2. The number of hydrogen-bond donors (Lipinski definition) is 0. The summed E-state index contributed by atoms with van der Waals surface area (Å²) in [5.74, 6) is -0.210. The molecule has 0 spiro atoms. The average molecular weight is 303 g/mol. The summed E-state index contributed by atoms with van der Waals surface area (Å²) in [6.45, 7) is 0.125. The molecule has 0 unspecified atom stereocenters. The van der Waals surface area contributed by atoms with Gasteiger partial charge in [-0.15, -0.1) is 0 Å². The van der Waals surface area contributed by atoms with E-state index in [0.717, 1.165) is 16.7 Å². The van der Waals surface area contributed by atoms with Gasteiger partial charge < -0.3 is 4.42 Å². The van der Waals surface area contributed by atoms with E-state index < -0.39 is 0 Å². The largest absolute Gasteiger partial charge is 0.465 e. The third kappa shape index (κ3) is 2.90. The van der Waals surface area contributed by atoms with Crippen molar-refractivity contribution < 1.29 is 18.4 Å². The lowest BCUT2D eigenvalue weighted by molar-refractivity contribution is -0.123. The highest BCUT2D eigenvalue weighted by Crippen LogP contribution is 2.33. The second kappa shape index (κ2) is 5.57. The van der Waals surface area contributed by atoms with E-state index in [1.165, 1.54) is 24.5 Å². The first-order chi connectivity index (χ1) is 10.1. The fraction of sp³-hybridized carbons (Fsp3) is 0.0667. The monoisotopic (exact) mass is 303 g/mol. The van der Waals surface area contributed by atoms with Crippen LogP contribution in [0, 0.1) is 5.82 Å². The third-order valence-corrected chi connectivity index (χ3v) is 3.85. The summed E-state index contributed by atoms with van der Waals surface area (Å²) in [7, 11) is 0. The van der Waals surface area contributed by atoms with Crippen LogP contribution in [0.2, 0.25) is 0 Å². The molecule has 2 heterocycles. The van der Waals surface area contributed by atoms with Gasteiger partial charge in [0.15, 0.2) is 0 Å². The molecule has 3 rings (SSSR count). The Bertz CT molecular complexity index is 707. The van der Waals surface area contributed by atoms with Crippen LogP contribution >= 0.6 is 11.8 Å². The van der Waals surface area contributed by atoms with Gasteiger partial charge in [-0.2, -0.15) is 0 Å². The molecule has 1 aliphatic heterocycles. The number of hydrogen-bond acceptors (Lipinski definition) is 4. The summed E-state index contributed by atoms with van der Waals surface area (Å²) in [5, 5.41) is -0.345. The van der Waals surface area contributed by atoms with Crippen molar-refractivity contribution in [2.45, 2.75) is 6.54 Å². The number of rotatable bonds is 3. The Balaban J connectivity index is 1.79. The van der Waals surface area contributed by atoms with Crippen LogP contribution in [0.4, 0.5) is 9.18 Å². The van der Waals surface area contributed by atoms with Crippen LogP contribution in [0.25, 0.3) is 6.08 Å². The topological polar surface area (TPSA) is 50.5 Å². The van der Waals surface area contributed by atoms with Crippen LogP contribution in [0.5, 0.6) is 0 Å². The van der Waals surface area contributed by atoms with Gasteiger partial charge in [-0.05, 0) is 41.6 Å². The Morgan fingerprint density at radius 2 is 1.95 bits per heavy atom. The zero-order valence-electron chi connectivity index (χ0n) is 10.8. The molecule has 6 heteroatoms. The highest BCUT2D eigenvalue weighted by Gasteiger charge is 2.35. The molecule has 4 nitrogen and oxygen atoms in total. The number of furan rings is 1. The van der Waals surface area contributed by atoms with Crippen LogP contribution in [-0.2, 0) is 11.3 Å². The van der Waals surface area contributed by atoms with E-state index >= 15 is 0 Å². The molecule has 1 aliphatic rings. The van der Waals surface area contributed by atoms with E-state index in [4.69, 9.17) is 4.42 Å². The van der Waals surface area contributed by atoms with Gasteiger partial charge in [-0.3, -0.25) is 14.5 Å². The first-order valence-electron chi connectivity index (χ1n) is 6.17. The van der Waals surface area contributed by atoms with Crippen molar-refractivity contribution in [3.05, 3.63) is 64.7 Å². The van der Waals surface area contributed by atoms with Crippen LogP contribution in [-0.4, -0.2) is 16.0 Å². The average Bonchev–Trinajstić information content (AvgIpc) is 3.06. The molecular formula is C15H10FNO3S. The Hall–Kier alpha value is -2.34. The maximum absolute atomic E-state index is 12.9. The maximum Gasteiger partial charge on any atom is 0.293 e. The number of halogens is 1. The van der Waals surface area contributed by atoms with Crippen LogP contribution < -0.4 is 0 Å². The predicted octanol–water partition coefficient (Wildman–Crippen LogP) is 3.66. The summed E-state index contributed by atoms with van der Waals surface area (Å²) in [6, 6.07) is 9.10. The summed E-state index contributed by atoms with van der Waals surface area (Å²) in [5.41, 5.74) is 0.693. The van der Waals surface area contributed by atoms with Gasteiger partial charge in [0, 0.05) is 6.08 Å². The van der Waals surface area contributed by atoms with E-state index in [-0.39, 0.29) is 23.5 Å². The van der Waals surface area contributed by atoms with Crippen molar-refractivity contribution >= 4 is 29.0 Å². The second-order valence-electron chi connectivity index (χ2n) is 4.41. The molecule has 2 aromatic rings. The summed E-state index contributed by atoms with van der Waals surface area (Å²) in [4.78, 5) is 25.6. The minimum atomic E-state index is -0.370. The van der Waals surface area contributed by atoms with Crippen LogP contribution in [0.1, 0.15) is 11.3 Å². The lowest BCUT2D eigenvalue weighted by Crippen LogP contribution is -2.27. The van der Waals surface area contributed by atoms with Gasteiger partial charge in [0.05, 0.1) is 17.7 Å². The zero-order chi connectivity index (χ0) is 14.8. The van der Waals surface area contributed by atoms with Gasteiger partial charge in [0.25, 0.3) is 11.1 Å². The van der Waals surface area contributed by atoms with E-state index in [9.17, 15) is 14.0 Å². The molecule has 106 valence electrons. The van der Waals surface area contributed by atoms with E-state index in [1.807, 2.05) is 0 Å². The minimum absolute atomic E-state index is 0.125. The number of nitrogens with zero attached hydrogens (tertiary/aromatic N) is 1. The van der Waals surface area contributed by atoms with Crippen LogP contribution in [0.15, 0.2) is 52.0 Å². The van der Waals surface area contributed by atoms with Gasteiger partial charge in [-0.1, -0.05) is 12.1 Å². The molecule has 21 heavy (non-hydrogen) atoms. The van der Waals surface area contributed by atoms with Crippen molar-refractivity contribution in [1.82, 2.24) is 4.90 Å². The Morgan fingerprint density at radius 1 is 1.19 bits per heavy atom. The molecule has 0 bridgehead atoms. The molecule has 0 atom stereocenters. The van der Waals surface area contributed by atoms with Gasteiger partial charge >= 0.3 is 0 Å². The lowest BCUT2D eigenvalue weighted by atomic mass is 10.2. The van der Waals surface area contributed by atoms with Gasteiger partial charge in [-0.25, -0.2) is 4.39 Å². The second-order valence-corrected chi connectivity index (χ2v) is 5.40. The van der Waals surface area contributed by atoms with Crippen molar-refractivity contribution in [2.75, 3.05) is 0 Å². The standard InChI is InChI=1S/C15H10FNO3S/c16-11-5-3-10(4-6-11)9-17-14(18)13(21-15(17)19)8-12-2-1-7-20-12/h1-8H,9H2/b13-8-. The summed E-state index contributed by atoms with van der Waals surface area (Å²) >= 11 is 0.867. The molecule has 1 fully saturated rings. The number of carbonyl (C=O) groups excluding carboxylic acids is 2. The van der Waals surface area contributed by atoms with Gasteiger partial charge in [0.1, 0.15) is 11.6 Å². The fourth-order valence-electron chi connectivity index (χ4n) is 1.91. The normalized spacial score (nSPS) is 17.0. The Labute approximate surface area is 124 Å². The van der Waals surface area contributed by atoms with Crippen molar-refractivity contribution in [3.8, 4) is 0 Å².